The molecule has 0 aliphatic carbocycles. The van der Waals surface area contributed by atoms with Crippen molar-refractivity contribution < 1.29 is 5.11 Å². The summed E-state index contributed by atoms with van der Waals surface area (Å²) in [4.78, 5) is 10.8. The highest BCUT2D eigenvalue weighted by molar-refractivity contribution is 7.11. The van der Waals surface area contributed by atoms with Crippen LogP contribution in [0.1, 0.15) is 49.3 Å². The topological polar surface area (TPSA) is 30.0 Å². The zero-order chi connectivity index (χ0) is 17.6. The zero-order valence-electron chi connectivity index (χ0n) is 16.0. The average Bonchev–Trinajstić information content (AvgIpc) is 3.03. The van der Waals surface area contributed by atoms with E-state index >= 15 is 0 Å². The van der Waals surface area contributed by atoms with Crippen molar-refractivity contribution in [3.8, 4) is 0 Å². The van der Waals surface area contributed by atoms with Crippen molar-refractivity contribution in [2.45, 2.75) is 64.7 Å². The molecule has 1 aromatic heterocycles. The van der Waals surface area contributed by atoms with Crippen LogP contribution in [0.25, 0.3) is 0 Å². The van der Waals surface area contributed by atoms with Crippen LogP contribution < -0.4 is 0 Å². The minimum absolute atomic E-state index is 0.292. The van der Waals surface area contributed by atoms with Gasteiger partial charge in [0.2, 0.25) is 0 Å². The second-order valence-electron chi connectivity index (χ2n) is 7.94. The largest absolute Gasteiger partial charge is 0.396 e. The third kappa shape index (κ3) is 5.51. The number of piperazine rings is 1. The normalized spacial score (nSPS) is 24.2. The third-order valence-corrected chi connectivity index (χ3v) is 6.72. The van der Waals surface area contributed by atoms with Crippen LogP contribution in [0.2, 0.25) is 0 Å². The fourth-order valence-corrected chi connectivity index (χ4v) is 5.42. The molecule has 2 aliphatic heterocycles. The molecular weight excluding hydrogens is 330 g/mol. The van der Waals surface area contributed by atoms with Crippen molar-refractivity contribution >= 4 is 11.3 Å². The zero-order valence-corrected chi connectivity index (χ0v) is 16.8. The van der Waals surface area contributed by atoms with E-state index in [4.69, 9.17) is 0 Å². The van der Waals surface area contributed by atoms with Crippen LogP contribution >= 0.6 is 11.3 Å². The molecule has 142 valence electrons. The van der Waals surface area contributed by atoms with Crippen molar-refractivity contribution in [1.29, 1.82) is 0 Å². The van der Waals surface area contributed by atoms with Gasteiger partial charge in [-0.15, -0.1) is 11.3 Å². The molecule has 4 nitrogen and oxygen atoms in total. The Morgan fingerprint density at radius 1 is 1.00 bits per heavy atom. The second kappa shape index (κ2) is 9.47. The number of piperidine rings is 1. The Morgan fingerprint density at radius 2 is 1.68 bits per heavy atom. The van der Waals surface area contributed by atoms with E-state index < -0.39 is 0 Å². The Morgan fingerprint density at radius 3 is 2.32 bits per heavy atom. The molecule has 2 fully saturated rings. The first-order chi connectivity index (χ1) is 12.2. The smallest absolute Gasteiger partial charge is 0.0446 e. The fraction of sp³-hybridized carbons (Fsp3) is 0.800. The molecule has 5 heteroatoms. The maximum Gasteiger partial charge on any atom is 0.0446 e. The number of aliphatic hydroxyl groups is 1. The van der Waals surface area contributed by atoms with Crippen molar-refractivity contribution in [2.24, 2.45) is 0 Å². The van der Waals surface area contributed by atoms with Crippen LogP contribution in [0.15, 0.2) is 12.1 Å². The number of likely N-dealkylation sites (tertiary alicyclic amines) is 1. The van der Waals surface area contributed by atoms with E-state index in [1.54, 1.807) is 0 Å². The highest BCUT2D eigenvalue weighted by Gasteiger charge is 2.28. The Labute approximate surface area is 157 Å². The van der Waals surface area contributed by atoms with Crippen LogP contribution in [0.4, 0.5) is 0 Å². The summed E-state index contributed by atoms with van der Waals surface area (Å²) in [6.45, 7) is 12.9. The molecule has 0 aromatic carbocycles. The highest BCUT2D eigenvalue weighted by atomic mass is 32.1. The molecule has 25 heavy (non-hydrogen) atoms. The van der Waals surface area contributed by atoms with Gasteiger partial charge in [0.1, 0.15) is 0 Å². The standard InChI is InChI=1S/C20H35N3OS/c1-17(2)23-12-11-22(14-18(23)8-13-24)16-20-7-6-19(25-20)15-21-9-4-3-5-10-21/h6-7,17-18,24H,3-5,8-16H2,1-2H3. The minimum atomic E-state index is 0.292. The molecule has 0 radical (unpaired) electrons. The Bertz CT molecular complexity index is 513. The van der Waals surface area contributed by atoms with Crippen LogP contribution in [0, 0.1) is 0 Å². The molecule has 0 spiro atoms. The summed E-state index contributed by atoms with van der Waals surface area (Å²) in [6.07, 6.45) is 5.03. The SMILES string of the molecule is CC(C)N1CCN(Cc2ccc(CN3CCCCC3)s2)CC1CCO. The van der Waals surface area contributed by atoms with Crippen molar-refractivity contribution in [3.63, 3.8) is 0 Å². The summed E-state index contributed by atoms with van der Waals surface area (Å²) in [7, 11) is 0. The lowest BCUT2D eigenvalue weighted by Crippen LogP contribution is -2.55. The van der Waals surface area contributed by atoms with E-state index in [0.29, 0.717) is 18.7 Å². The van der Waals surface area contributed by atoms with Gasteiger partial charge in [0.15, 0.2) is 0 Å². The van der Waals surface area contributed by atoms with Gasteiger partial charge in [-0.2, -0.15) is 0 Å². The lowest BCUT2D eigenvalue weighted by atomic mass is 10.1. The number of thiophene rings is 1. The fourth-order valence-electron chi connectivity index (χ4n) is 4.31. The van der Waals surface area contributed by atoms with Gasteiger partial charge in [0.05, 0.1) is 0 Å². The van der Waals surface area contributed by atoms with Crippen molar-refractivity contribution in [3.05, 3.63) is 21.9 Å². The quantitative estimate of drug-likeness (QED) is 0.804. The predicted octanol–water partition coefficient (Wildman–Crippen LogP) is 3.01. The first-order valence-corrected chi connectivity index (χ1v) is 10.9. The van der Waals surface area contributed by atoms with E-state index in [9.17, 15) is 5.11 Å². The number of aliphatic hydroxyl groups excluding tert-OH is 1. The lowest BCUT2D eigenvalue weighted by molar-refractivity contribution is 0.0353. The lowest BCUT2D eigenvalue weighted by Gasteiger charge is -2.43. The van der Waals surface area contributed by atoms with Crippen molar-refractivity contribution in [2.75, 3.05) is 39.3 Å². The molecule has 1 aromatic rings. The minimum Gasteiger partial charge on any atom is -0.396 e. The van der Waals surface area contributed by atoms with Gasteiger partial charge < -0.3 is 5.11 Å². The molecule has 0 amide bonds. The van der Waals surface area contributed by atoms with E-state index in [1.165, 1.54) is 42.1 Å². The molecule has 3 rings (SSSR count). The van der Waals surface area contributed by atoms with Gasteiger partial charge >= 0.3 is 0 Å². The molecule has 0 bridgehead atoms. The number of rotatable bonds is 7. The molecule has 1 N–H and O–H groups in total. The summed E-state index contributed by atoms with van der Waals surface area (Å²) >= 11 is 2.00. The third-order valence-electron chi connectivity index (χ3n) is 5.66. The summed E-state index contributed by atoms with van der Waals surface area (Å²) in [5, 5.41) is 9.41. The Kier molecular flexibility index (Phi) is 7.31. The summed E-state index contributed by atoms with van der Waals surface area (Å²) in [5.41, 5.74) is 0. The van der Waals surface area contributed by atoms with Crippen LogP contribution in [-0.4, -0.2) is 71.2 Å². The Hall–Kier alpha value is -0.460. The first kappa shape index (κ1) is 19.3. The summed E-state index contributed by atoms with van der Waals surface area (Å²) in [5.74, 6) is 0. The Balaban J connectivity index is 1.52. The van der Waals surface area contributed by atoms with Crippen LogP contribution in [0.5, 0.6) is 0 Å². The van der Waals surface area contributed by atoms with Crippen LogP contribution in [-0.2, 0) is 13.1 Å². The molecule has 2 saturated heterocycles. The molecular formula is C20H35N3OS. The maximum absolute atomic E-state index is 9.41. The van der Waals surface area contributed by atoms with Crippen LogP contribution in [0.3, 0.4) is 0 Å². The van der Waals surface area contributed by atoms with E-state index in [1.807, 2.05) is 11.3 Å². The van der Waals surface area contributed by atoms with Gasteiger partial charge in [0.25, 0.3) is 0 Å². The average molecular weight is 366 g/mol. The number of hydrogen-bond acceptors (Lipinski definition) is 5. The maximum atomic E-state index is 9.41. The second-order valence-corrected chi connectivity index (χ2v) is 9.19. The van der Waals surface area contributed by atoms with Gasteiger partial charge in [-0.05, 0) is 58.3 Å². The summed E-state index contributed by atoms with van der Waals surface area (Å²) < 4.78 is 0. The molecule has 3 heterocycles. The van der Waals surface area contributed by atoms with Gasteiger partial charge in [-0.1, -0.05) is 6.42 Å². The molecule has 0 saturated carbocycles. The first-order valence-electron chi connectivity index (χ1n) is 10.0. The van der Waals surface area contributed by atoms with E-state index in [-0.39, 0.29) is 0 Å². The molecule has 1 atom stereocenters. The van der Waals surface area contributed by atoms with E-state index in [0.717, 1.165) is 39.1 Å². The van der Waals surface area contributed by atoms with Gasteiger partial charge in [0, 0.05) is 61.2 Å². The van der Waals surface area contributed by atoms with E-state index in [2.05, 4.69) is 40.7 Å². The van der Waals surface area contributed by atoms with Crippen molar-refractivity contribution in [1.82, 2.24) is 14.7 Å². The van der Waals surface area contributed by atoms with Gasteiger partial charge in [-0.25, -0.2) is 0 Å². The number of nitrogens with zero attached hydrogens (tertiary/aromatic N) is 3. The highest BCUT2D eigenvalue weighted by Crippen LogP contribution is 2.24. The molecule has 1 unspecified atom stereocenters. The monoisotopic (exact) mass is 365 g/mol. The molecule has 2 aliphatic rings. The predicted molar refractivity (Wildman–Crippen MR) is 106 cm³/mol. The van der Waals surface area contributed by atoms with Gasteiger partial charge in [-0.3, -0.25) is 14.7 Å². The summed E-state index contributed by atoms with van der Waals surface area (Å²) in [6, 6.07) is 5.73. The number of hydrogen-bond donors (Lipinski definition) is 1.